The fraction of sp³-hybridized carbons (Fsp3) is 0.238. The number of carbonyl (C=O) groups excluding carboxylic acids is 1. The molecule has 0 radical (unpaired) electrons. The Morgan fingerprint density at radius 2 is 1.93 bits per heavy atom. The van der Waals surface area contributed by atoms with Crippen molar-refractivity contribution in [3.63, 3.8) is 0 Å². The van der Waals surface area contributed by atoms with Crippen molar-refractivity contribution in [3.05, 3.63) is 52.9 Å². The topological polar surface area (TPSA) is 88.6 Å². The monoisotopic (exact) mass is 443 g/mol. The Morgan fingerprint density at radius 3 is 2.63 bits per heavy atom. The van der Waals surface area contributed by atoms with Crippen molar-refractivity contribution in [1.82, 2.24) is 4.98 Å². The van der Waals surface area contributed by atoms with Gasteiger partial charge in [-0.15, -0.1) is 11.3 Å². The Labute approximate surface area is 179 Å². The van der Waals surface area contributed by atoms with Crippen molar-refractivity contribution in [2.24, 2.45) is 0 Å². The van der Waals surface area contributed by atoms with E-state index in [9.17, 15) is 13.2 Å². The number of anilines is 2. The number of amides is 1. The van der Waals surface area contributed by atoms with Crippen LogP contribution in [0.3, 0.4) is 0 Å². The van der Waals surface area contributed by atoms with Gasteiger partial charge < -0.3 is 9.64 Å². The molecular formula is C21H21N3O4S2. The lowest BCUT2D eigenvalue weighted by Crippen LogP contribution is -2.35. The lowest BCUT2D eigenvalue weighted by Gasteiger charge is -2.26. The first-order valence-corrected chi connectivity index (χ1v) is 11.7. The number of fused-ring (bicyclic) bond motifs is 1. The molecule has 9 heteroatoms. The van der Waals surface area contributed by atoms with Gasteiger partial charge >= 0.3 is 0 Å². The molecule has 0 bridgehead atoms. The van der Waals surface area contributed by atoms with Crippen LogP contribution in [0.4, 0.5) is 10.8 Å². The zero-order valence-corrected chi connectivity index (χ0v) is 18.4. The lowest BCUT2D eigenvalue weighted by atomic mass is 10.1. The van der Waals surface area contributed by atoms with E-state index < -0.39 is 10.0 Å². The van der Waals surface area contributed by atoms with Gasteiger partial charge in [0.15, 0.2) is 11.7 Å². The fourth-order valence-electron chi connectivity index (χ4n) is 3.17. The van der Waals surface area contributed by atoms with Crippen LogP contribution in [0.5, 0.6) is 5.75 Å². The molecule has 4 rings (SSSR count). The molecule has 3 aromatic rings. The number of aryl methyl sites for hydroxylation is 2. The number of nitrogens with one attached hydrogen (secondary N) is 1. The average molecular weight is 444 g/mol. The Hall–Kier alpha value is -2.91. The average Bonchev–Trinajstić information content (AvgIpc) is 3.13. The van der Waals surface area contributed by atoms with Crippen molar-refractivity contribution in [2.45, 2.75) is 25.2 Å². The Kier molecular flexibility index (Phi) is 5.25. The van der Waals surface area contributed by atoms with Crippen molar-refractivity contribution >= 4 is 38.1 Å². The molecule has 1 amide bonds. The van der Waals surface area contributed by atoms with E-state index in [4.69, 9.17) is 4.74 Å². The smallest absolute Gasteiger partial charge is 0.264 e. The number of sulfonamides is 1. The standard InChI is InChI=1S/C21H21N3O4S2/c1-4-18-20(14-7-10-17-16(11-14)24(3)19(25)12-28-17)22-21(29-18)23-30(26,27)15-8-5-13(2)6-9-15/h5-11H,4,12H2,1-3H3,(H,22,23). The second-order valence-corrected chi connectivity index (χ2v) is 9.75. The quantitative estimate of drug-likeness (QED) is 0.647. The summed E-state index contributed by atoms with van der Waals surface area (Å²) in [6.45, 7) is 3.91. The molecule has 2 heterocycles. The van der Waals surface area contributed by atoms with E-state index in [1.54, 1.807) is 36.2 Å². The fourth-order valence-corrected chi connectivity index (χ4v) is 5.33. The molecule has 0 saturated heterocycles. The van der Waals surface area contributed by atoms with Gasteiger partial charge in [0.05, 0.1) is 16.3 Å². The zero-order chi connectivity index (χ0) is 21.5. The first-order chi connectivity index (χ1) is 14.3. The Morgan fingerprint density at radius 1 is 1.20 bits per heavy atom. The van der Waals surface area contributed by atoms with E-state index in [0.29, 0.717) is 28.7 Å². The minimum absolute atomic E-state index is 0.0185. The molecule has 0 atom stereocenters. The van der Waals surface area contributed by atoms with E-state index in [1.165, 1.54) is 11.3 Å². The second-order valence-electron chi connectivity index (χ2n) is 6.99. The highest BCUT2D eigenvalue weighted by Gasteiger charge is 2.24. The second kappa shape index (κ2) is 7.73. The summed E-state index contributed by atoms with van der Waals surface area (Å²) in [5.74, 6) is 0.509. The summed E-state index contributed by atoms with van der Waals surface area (Å²) in [5, 5.41) is 0.306. The number of benzene rings is 2. The number of likely N-dealkylation sites (N-methyl/N-ethyl adjacent to an activating group) is 1. The molecule has 0 aliphatic carbocycles. The zero-order valence-electron chi connectivity index (χ0n) is 16.8. The predicted octanol–water partition coefficient (Wildman–Crippen LogP) is 3.84. The van der Waals surface area contributed by atoms with E-state index in [0.717, 1.165) is 16.0 Å². The molecule has 7 nitrogen and oxygen atoms in total. The first-order valence-electron chi connectivity index (χ1n) is 9.41. The van der Waals surface area contributed by atoms with Gasteiger partial charge in [0.1, 0.15) is 5.75 Å². The number of carbonyl (C=O) groups is 1. The SMILES string of the molecule is CCc1sc(NS(=O)(=O)c2ccc(C)cc2)nc1-c1ccc2c(c1)N(C)C(=O)CO2. The van der Waals surface area contributed by atoms with Gasteiger partial charge in [0.25, 0.3) is 15.9 Å². The number of hydrogen-bond acceptors (Lipinski definition) is 6. The molecule has 1 aliphatic heterocycles. The Balaban J connectivity index is 1.68. The van der Waals surface area contributed by atoms with Crippen LogP contribution < -0.4 is 14.4 Å². The van der Waals surface area contributed by atoms with Crippen LogP contribution >= 0.6 is 11.3 Å². The van der Waals surface area contributed by atoms with Crippen LogP contribution in [0, 0.1) is 6.92 Å². The van der Waals surface area contributed by atoms with Gasteiger partial charge in [0, 0.05) is 17.5 Å². The summed E-state index contributed by atoms with van der Waals surface area (Å²) >= 11 is 1.30. The minimum Gasteiger partial charge on any atom is -0.482 e. The van der Waals surface area contributed by atoms with Crippen LogP contribution in [-0.4, -0.2) is 33.0 Å². The number of aromatic nitrogens is 1. The summed E-state index contributed by atoms with van der Waals surface area (Å²) in [4.78, 5) is 19.2. The molecule has 156 valence electrons. The molecule has 30 heavy (non-hydrogen) atoms. The number of ether oxygens (including phenoxy) is 1. The molecule has 0 saturated carbocycles. The van der Waals surface area contributed by atoms with E-state index in [1.807, 2.05) is 32.0 Å². The lowest BCUT2D eigenvalue weighted by molar-refractivity contribution is -0.120. The normalized spacial score (nSPS) is 13.7. The maximum absolute atomic E-state index is 12.7. The Bertz CT molecular complexity index is 1220. The maximum atomic E-state index is 12.7. The minimum atomic E-state index is -3.73. The molecule has 2 aromatic carbocycles. The van der Waals surface area contributed by atoms with E-state index >= 15 is 0 Å². The molecule has 1 aromatic heterocycles. The number of hydrogen-bond donors (Lipinski definition) is 1. The van der Waals surface area contributed by atoms with Crippen molar-refractivity contribution < 1.29 is 17.9 Å². The highest BCUT2D eigenvalue weighted by atomic mass is 32.2. The highest BCUT2D eigenvalue weighted by molar-refractivity contribution is 7.93. The third kappa shape index (κ3) is 3.78. The van der Waals surface area contributed by atoms with Crippen LogP contribution in [0.15, 0.2) is 47.4 Å². The number of thiazole rings is 1. The van der Waals surface area contributed by atoms with Gasteiger partial charge in [-0.25, -0.2) is 13.4 Å². The number of rotatable bonds is 5. The van der Waals surface area contributed by atoms with E-state index in [-0.39, 0.29) is 17.4 Å². The number of nitrogens with zero attached hydrogens (tertiary/aromatic N) is 2. The molecule has 0 spiro atoms. The predicted molar refractivity (Wildman–Crippen MR) is 118 cm³/mol. The summed E-state index contributed by atoms with van der Waals surface area (Å²) in [6.07, 6.45) is 0.696. The van der Waals surface area contributed by atoms with Gasteiger partial charge in [-0.1, -0.05) is 24.6 Å². The van der Waals surface area contributed by atoms with Crippen LogP contribution in [-0.2, 0) is 21.2 Å². The third-order valence-electron chi connectivity index (χ3n) is 4.89. The van der Waals surface area contributed by atoms with Crippen LogP contribution in [0.1, 0.15) is 17.4 Å². The summed E-state index contributed by atoms with van der Waals surface area (Å²) < 4.78 is 33.5. The highest BCUT2D eigenvalue weighted by Crippen LogP contribution is 2.38. The third-order valence-corrected chi connectivity index (χ3v) is 7.49. The van der Waals surface area contributed by atoms with Crippen molar-refractivity contribution in [2.75, 3.05) is 23.3 Å². The molecule has 0 fully saturated rings. The largest absolute Gasteiger partial charge is 0.482 e. The summed E-state index contributed by atoms with van der Waals surface area (Å²) in [5.41, 5.74) is 3.14. The maximum Gasteiger partial charge on any atom is 0.264 e. The molecule has 0 unspecified atom stereocenters. The molecule has 1 N–H and O–H groups in total. The first kappa shape index (κ1) is 20.4. The van der Waals surface area contributed by atoms with Crippen LogP contribution in [0.2, 0.25) is 0 Å². The van der Waals surface area contributed by atoms with Crippen molar-refractivity contribution in [1.29, 1.82) is 0 Å². The van der Waals surface area contributed by atoms with E-state index in [2.05, 4.69) is 9.71 Å². The van der Waals surface area contributed by atoms with Crippen LogP contribution in [0.25, 0.3) is 11.3 Å². The summed E-state index contributed by atoms with van der Waals surface area (Å²) in [7, 11) is -2.02. The van der Waals surface area contributed by atoms with Gasteiger partial charge in [0.2, 0.25) is 0 Å². The van der Waals surface area contributed by atoms with Gasteiger partial charge in [-0.3, -0.25) is 9.52 Å². The van der Waals surface area contributed by atoms with Gasteiger partial charge in [-0.05, 0) is 43.7 Å². The molecular weight excluding hydrogens is 422 g/mol. The van der Waals surface area contributed by atoms with Crippen molar-refractivity contribution in [3.8, 4) is 17.0 Å². The van der Waals surface area contributed by atoms with Gasteiger partial charge in [-0.2, -0.15) is 0 Å². The summed E-state index contributed by atoms with van der Waals surface area (Å²) in [6, 6.07) is 12.2. The molecule has 1 aliphatic rings.